The van der Waals surface area contributed by atoms with Crippen molar-refractivity contribution >= 4 is 17.6 Å². The third-order valence-corrected chi connectivity index (χ3v) is 2.45. The van der Waals surface area contributed by atoms with E-state index in [1.807, 2.05) is 19.9 Å². The van der Waals surface area contributed by atoms with Gasteiger partial charge < -0.3 is 4.74 Å². The molecule has 0 radical (unpaired) electrons. The van der Waals surface area contributed by atoms with Gasteiger partial charge in [0.1, 0.15) is 6.07 Å². The lowest BCUT2D eigenvalue weighted by Gasteiger charge is -2.09. The summed E-state index contributed by atoms with van der Waals surface area (Å²) in [7, 11) is 1.24. The molecule has 0 aliphatic rings. The summed E-state index contributed by atoms with van der Waals surface area (Å²) in [6, 6.07) is 3.51. The second kappa shape index (κ2) is 4.95. The molecule has 0 fully saturated rings. The number of carbonyl (C=O) groups is 1. The molecule has 1 aromatic rings. The molecule has 0 aromatic carbocycles. The van der Waals surface area contributed by atoms with Gasteiger partial charge in [-0.05, 0) is 12.0 Å². The number of rotatable bonds is 2. The van der Waals surface area contributed by atoms with Crippen molar-refractivity contribution in [2.45, 2.75) is 19.8 Å². The fourth-order valence-corrected chi connectivity index (χ4v) is 1.37. The molecule has 0 amide bonds. The van der Waals surface area contributed by atoms with Gasteiger partial charge in [0.15, 0.2) is 5.69 Å². The molecule has 0 saturated heterocycles. The zero-order valence-electron chi connectivity index (χ0n) is 9.24. The minimum absolute atomic E-state index is 0.00748. The first-order valence-electron chi connectivity index (χ1n) is 4.70. The largest absolute Gasteiger partial charge is 0.464 e. The molecule has 0 N–H and O–H groups in total. The molecule has 5 heteroatoms. The molecule has 4 nitrogen and oxygen atoms in total. The first kappa shape index (κ1) is 12.5. The molecule has 0 saturated carbocycles. The van der Waals surface area contributed by atoms with Crippen molar-refractivity contribution in [3.8, 4) is 6.07 Å². The summed E-state index contributed by atoms with van der Waals surface area (Å²) in [6.07, 6.45) is 0. The Morgan fingerprint density at radius 2 is 2.25 bits per heavy atom. The summed E-state index contributed by atoms with van der Waals surface area (Å²) in [5.41, 5.74) is 0.869. The van der Waals surface area contributed by atoms with Gasteiger partial charge in [0, 0.05) is 5.69 Å². The Morgan fingerprint density at radius 3 is 2.69 bits per heavy atom. The van der Waals surface area contributed by atoms with Crippen LogP contribution in [-0.2, 0) is 4.74 Å². The van der Waals surface area contributed by atoms with Crippen LogP contribution in [0.4, 0.5) is 0 Å². The Balaban J connectivity index is 3.43. The zero-order chi connectivity index (χ0) is 12.3. The number of nitriles is 1. The van der Waals surface area contributed by atoms with Gasteiger partial charge in [-0.25, -0.2) is 9.78 Å². The van der Waals surface area contributed by atoms with Crippen LogP contribution in [0.3, 0.4) is 0 Å². The lowest BCUT2D eigenvalue weighted by Crippen LogP contribution is -2.09. The molecule has 1 aromatic heterocycles. The molecular weight excluding hydrogens is 228 g/mol. The monoisotopic (exact) mass is 238 g/mol. The van der Waals surface area contributed by atoms with Crippen LogP contribution in [0.15, 0.2) is 6.07 Å². The molecule has 16 heavy (non-hydrogen) atoms. The van der Waals surface area contributed by atoms with Crippen LogP contribution in [0.2, 0.25) is 5.02 Å². The first-order valence-corrected chi connectivity index (χ1v) is 5.07. The van der Waals surface area contributed by atoms with E-state index >= 15 is 0 Å². The number of aromatic nitrogens is 1. The van der Waals surface area contributed by atoms with E-state index in [-0.39, 0.29) is 22.2 Å². The highest BCUT2D eigenvalue weighted by atomic mass is 35.5. The van der Waals surface area contributed by atoms with E-state index in [0.717, 1.165) is 0 Å². The molecule has 0 atom stereocenters. The molecule has 0 unspecified atom stereocenters. The second-order valence-electron chi connectivity index (χ2n) is 3.52. The van der Waals surface area contributed by atoms with Crippen molar-refractivity contribution in [1.29, 1.82) is 5.26 Å². The van der Waals surface area contributed by atoms with E-state index in [1.165, 1.54) is 7.11 Å². The van der Waals surface area contributed by atoms with Gasteiger partial charge in [-0.1, -0.05) is 25.4 Å². The fourth-order valence-electron chi connectivity index (χ4n) is 1.16. The number of hydrogen-bond acceptors (Lipinski definition) is 4. The molecular formula is C11H11ClN2O2. The van der Waals surface area contributed by atoms with Crippen molar-refractivity contribution in [2.24, 2.45) is 0 Å². The average Bonchev–Trinajstić information content (AvgIpc) is 2.28. The standard InChI is InChI=1S/C11H11ClN2O2/c1-6(2)8-4-7(5-13)9(12)10(14-8)11(15)16-3/h4,6H,1-3H3. The van der Waals surface area contributed by atoms with Crippen molar-refractivity contribution in [1.82, 2.24) is 4.98 Å². The van der Waals surface area contributed by atoms with Crippen molar-refractivity contribution in [3.63, 3.8) is 0 Å². The van der Waals surface area contributed by atoms with Gasteiger partial charge in [-0.2, -0.15) is 5.26 Å². The smallest absolute Gasteiger partial charge is 0.358 e. The van der Waals surface area contributed by atoms with Crippen LogP contribution in [-0.4, -0.2) is 18.1 Å². The Bertz CT molecular complexity index is 464. The lowest BCUT2D eigenvalue weighted by molar-refractivity contribution is 0.0594. The van der Waals surface area contributed by atoms with E-state index in [9.17, 15) is 4.79 Å². The second-order valence-corrected chi connectivity index (χ2v) is 3.89. The summed E-state index contributed by atoms with van der Waals surface area (Å²) >= 11 is 5.87. The SMILES string of the molecule is COC(=O)c1nc(C(C)C)cc(C#N)c1Cl. The third-order valence-electron chi connectivity index (χ3n) is 2.07. The molecule has 1 heterocycles. The minimum Gasteiger partial charge on any atom is -0.464 e. The number of ether oxygens (including phenoxy) is 1. The van der Waals surface area contributed by atoms with E-state index < -0.39 is 5.97 Å². The maximum absolute atomic E-state index is 11.4. The highest BCUT2D eigenvalue weighted by Gasteiger charge is 2.18. The number of pyridine rings is 1. The van der Waals surface area contributed by atoms with E-state index in [4.69, 9.17) is 16.9 Å². The normalized spacial score (nSPS) is 10.0. The first-order chi connectivity index (χ1) is 7.51. The predicted molar refractivity (Wildman–Crippen MR) is 59.4 cm³/mol. The Hall–Kier alpha value is -1.60. The Labute approximate surface area is 98.8 Å². The summed E-state index contributed by atoms with van der Waals surface area (Å²) in [6.45, 7) is 3.83. The topological polar surface area (TPSA) is 63.0 Å². The van der Waals surface area contributed by atoms with Crippen LogP contribution >= 0.6 is 11.6 Å². The fraction of sp³-hybridized carbons (Fsp3) is 0.364. The summed E-state index contributed by atoms with van der Waals surface area (Å²) in [5, 5.41) is 8.93. The van der Waals surface area contributed by atoms with Gasteiger partial charge in [-0.15, -0.1) is 0 Å². The highest BCUT2D eigenvalue weighted by Crippen LogP contribution is 2.24. The van der Waals surface area contributed by atoms with Crippen molar-refractivity contribution in [2.75, 3.05) is 7.11 Å². The van der Waals surface area contributed by atoms with Crippen LogP contribution < -0.4 is 0 Å². The molecule has 0 aliphatic carbocycles. The van der Waals surface area contributed by atoms with E-state index in [0.29, 0.717) is 5.69 Å². The number of nitrogens with zero attached hydrogens (tertiary/aromatic N) is 2. The summed E-state index contributed by atoms with van der Waals surface area (Å²) < 4.78 is 4.56. The van der Waals surface area contributed by atoms with Crippen LogP contribution in [0.5, 0.6) is 0 Å². The van der Waals surface area contributed by atoms with Gasteiger partial charge in [0.05, 0.1) is 17.7 Å². The van der Waals surface area contributed by atoms with Gasteiger partial charge in [0.25, 0.3) is 0 Å². The van der Waals surface area contributed by atoms with Crippen LogP contribution in [0, 0.1) is 11.3 Å². The van der Waals surface area contributed by atoms with Gasteiger partial charge >= 0.3 is 5.97 Å². The van der Waals surface area contributed by atoms with Crippen LogP contribution in [0.1, 0.15) is 41.5 Å². The maximum Gasteiger partial charge on any atom is 0.358 e. The van der Waals surface area contributed by atoms with Crippen LogP contribution in [0.25, 0.3) is 0 Å². The molecule has 0 bridgehead atoms. The van der Waals surface area contributed by atoms with E-state index in [1.54, 1.807) is 6.07 Å². The summed E-state index contributed by atoms with van der Waals surface area (Å²) in [5.74, 6) is -0.531. The number of methoxy groups -OCH3 is 1. The molecule has 0 aliphatic heterocycles. The third kappa shape index (κ3) is 2.31. The number of halogens is 1. The average molecular weight is 239 g/mol. The van der Waals surface area contributed by atoms with Crippen molar-refractivity contribution < 1.29 is 9.53 Å². The molecule has 84 valence electrons. The van der Waals surface area contributed by atoms with Gasteiger partial charge in [-0.3, -0.25) is 0 Å². The van der Waals surface area contributed by atoms with Crippen molar-refractivity contribution in [3.05, 3.63) is 28.0 Å². The number of carbonyl (C=O) groups excluding carboxylic acids is 1. The number of hydrogen-bond donors (Lipinski definition) is 0. The summed E-state index contributed by atoms with van der Waals surface area (Å²) in [4.78, 5) is 15.5. The van der Waals surface area contributed by atoms with Gasteiger partial charge in [0.2, 0.25) is 0 Å². The maximum atomic E-state index is 11.4. The quantitative estimate of drug-likeness (QED) is 0.743. The molecule has 1 rings (SSSR count). The minimum atomic E-state index is -0.635. The highest BCUT2D eigenvalue weighted by molar-refractivity contribution is 6.34. The number of esters is 1. The Kier molecular flexibility index (Phi) is 3.86. The predicted octanol–water partition coefficient (Wildman–Crippen LogP) is 2.52. The lowest BCUT2D eigenvalue weighted by atomic mass is 10.1. The zero-order valence-corrected chi connectivity index (χ0v) is 10.00. The Morgan fingerprint density at radius 1 is 1.62 bits per heavy atom. The van der Waals surface area contributed by atoms with E-state index in [2.05, 4.69) is 9.72 Å². The molecule has 0 spiro atoms.